The zero-order chi connectivity index (χ0) is 15.4. The third-order valence-electron chi connectivity index (χ3n) is 3.17. The Morgan fingerprint density at radius 3 is 2.71 bits per heavy atom. The molecule has 1 amide bonds. The second-order valence-electron chi connectivity index (χ2n) is 5.11. The maximum Gasteiger partial charge on any atom is 0.255 e. The van der Waals surface area contributed by atoms with Crippen LogP contribution in [0.4, 0.5) is 11.5 Å². The molecule has 0 saturated heterocycles. The van der Waals surface area contributed by atoms with Crippen LogP contribution in [0.3, 0.4) is 0 Å². The van der Waals surface area contributed by atoms with Gasteiger partial charge in [0.15, 0.2) is 0 Å². The lowest BCUT2D eigenvalue weighted by Crippen LogP contribution is -2.13. The van der Waals surface area contributed by atoms with Crippen molar-refractivity contribution in [3.63, 3.8) is 0 Å². The normalized spacial score (nSPS) is 10.7. The van der Waals surface area contributed by atoms with Gasteiger partial charge in [0, 0.05) is 31.0 Å². The third-order valence-corrected chi connectivity index (χ3v) is 3.17. The van der Waals surface area contributed by atoms with Gasteiger partial charge in [0.2, 0.25) is 0 Å². The summed E-state index contributed by atoms with van der Waals surface area (Å²) in [5, 5.41) is 9.98. The highest BCUT2D eigenvalue weighted by Crippen LogP contribution is 2.18. The van der Waals surface area contributed by atoms with Gasteiger partial charge in [-0.2, -0.15) is 5.10 Å². The number of pyridine rings is 1. The number of aromatic nitrogens is 3. The van der Waals surface area contributed by atoms with Crippen molar-refractivity contribution in [1.29, 1.82) is 0 Å². The average molecular weight is 287 g/mol. The Morgan fingerprint density at radius 2 is 2.14 bits per heavy atom. The van der Waals surface area contributed by atoms with Crippen LogP contribution < -0.4 is 10.6 Å². The van der Waals surface area contributed by atoms with Gasteiger partial charge in [-0.1, -0.05) is 13.8 Å². The Balaban J connectivity index is 2.23. The maximum absolute atomic E-state index is 12.4. The molecule has 0 radical (unpaired) electrons. The Labute approximate surface area is 124 Å². The zero-order valence-electron chi connectivity index (χ0n) is 12.8. The molecule has 0 aromatic carbocycles. The van der Waals surface area contributed by atoms with E-state index >= 15 is 0 Å². The van der Waals surface area contributed by atoms with E-state index in [1.807, 2.05) is 13.0 Å². The number of rotatable bonds is 5. The highest BCUT2D eigenvalue weighted by molar-refractivity contribution is 6.04. The number of hydrogen-bond acceptors (Lipinski definition) is 4. The number of aryl methyl sites for hydroxylation is 1. The molecular formula is C15H21N5O. The molecule has 0 aliphatic carbocycles. The maximum atomic E-state index is 12.4. The summed E-state index contributed by atoms with van der Waals surface area (Å²) in [5.74, 6) is 0.787. The molecule has 0 aliphatic rings. The van der Waals surface area contributed by atoms with Crippen molar-refractivity contribution in [2.45, 2.75) is 33.2 Å². The second-order valence-corrected chi connectivity index (χ2v) is 5.11. The lowest BCUT2D eigenvalue weighted by molar-refractivity contribution is 0.102. The van der Waals surface area contributed by atoms with E-state index < -0.39 is 0 Å². The van der Waals surface area contributed by atoms with Gasteiger partial charge in [-0.3, -0.25) is 9.48 Å². The van der Waals surface area contributed by atoms with Crippen molar-refractivity contribution in [3.8, 4) is 0 Å². The number of carbonyl (C=O) groups is 1. The van der Waals surface area contributed by atoms with Crippen LogP contribution in [0.5, 0.6) is 0 Å². The first-order valence-electron chi connectivity index (χ1n) is 7.07. The first-order valence-corrected chi connectivity index (χ1v) is 7.07. The summed E-state index contributed by atoms with van der Waals surface area (Å²) in [7, 11) is 1.79. The monoisotopic (exact) mass is 287 g/mol. The Hall–Kier alpha value is -2.37. The highest BCUT2D eigenvalue weighted by Gasteiger charge is 2.12. The number of nitrogens with one attached hydrogen (secondary N) is 2. The van der Waals surface area contributed by atoms with Gasteiger partial charge in [-0.15, -0.1) is 0 Å². The van der Waals surface area contributed by atoms with Gasteiger partial charge >= 0.3 is 0 Å². The van der Waals surface area contributed by atoms with Gasteiger partial charge in [0.1, 0.15) is 5.82 Å². The lowest BCUT2D eigenvalue weighted by Gasteiger charge is -2.10. The van der Waals surface area contributed by atoms with Gasteiger partial charge in [-0.25, -0.2) is 4.98 Å². The molecule has 0 unspecified atom stereocenters. The largest absolute Gasteiger partial charge is 0.373 e. The summed E-state index contributed by atoms with van der Waals surface area (Å²) in [4.78, 5) is 16.8. The molecule has 2 rings (SSSR count). The van der Waals surface area contributed by atoms with Crippen molar-refractivity contribution in [2.24, 2.45) is 0 Å². The van der Waals surface area contributed by atoms with E-state index in [2.05, 4.69) is 34.6 Å². The molecule has 21 heavy (non-hydrogen) atoms. The zero-order valence-corrected chi connectivity index (χ0v) is 12.8. The smallest absolute Gasteiger partial charge is 0.255 e. The van der Waals surface area contributed by atoms with E-state index in [9.17, 15) is 4.79 Å². The lowest BCUT2D eigenvalue weighted by atomic mass is 10.1. The minimum Gasteiger partial charge on any atom is -0.373 e. The van der Waals surface area contributed by atoms with Crippen LogP contribution in [0, 0.1) is 0 Å². The molecule has 2 heterocycles. The SMILES string of the molecule is CCn1cc(NC(=O)c2cc(NC)nc(C(C)C)c2)cn1. The molecular weight excluding hydrogens is 266 g/mol. The van der Waals surface area contributed by atoms with Crippen LogP contribution >= 0.6 is 0 Å². The predicted octanol–water partition coefficient (Wildman–Crippen LogP) is 2.72. The molecule has 0 fully saturated rings. The molecule has 6 nitrogen and oxygen atoms in total. The van der Waals surface area contributed by atoms with E-state index in [0.29, 0.717) is 17.1 Å². The van der Waals surface area contributed by atoms with E-state index in [1.54, 1.807) is 30.2 Å². The van der Waals surface area contributed by atoms with Crippen molar-refractivity contribution < 1.29 is 4.79 Å². The summed E-state index contributed by atoms with van der Waals surface area (Å²) >= 11 is 0. The minimum atomic E-state index is -0.161. The number of anilines is 2. The molecule has 0 spiro atoms. The molecule has 6 heteroatoms. The van der Waals surface area contributed by atoms with E-state index in [1.165, 1.54) is 0 Å². The predicted molar refractivity (Wildman–Crippen MR) is 83.7 cm³/mol. The van der Waals surface area contributed by atoms with Crippen molar-refractivity contribution in [2.75, 3.05) is 17.7 Å². The summed E-state index contributed by atoms with van der Waals surface area (Å²) in [6.45, 7) is 6.87. The quantitative estimate of drug-likeness (QED) is 0.887. The Kier molecular flexibility index (Phi) is 4.57. The summed E-state index contributed by atoms with van der Waals surface area (Å²) < 4.78 is 1.76. The molecule has 0 aliphatic heterocycles. The fourth-order valence-corrected chi connectivity index (χ4v) is 1.91. The summed E-state index contributed by atoms with van der Waals surface area (Å²) in [6.07, 6.45) is 3.45. The Bertz CT molecular complexity index is 633. The third kappa shape index (κ3) is 3.59. The number of hydrogen-bond donors (Lipinski definition) is 2. The molecule has 0 bridgehead atoms. The van der Waals surface area contributed by atoms with Crippen LogP contribution in [-0.4, -0.2) is 27.7 Å². The molecule has 112 valence electrons. The molecule has 0 atom stereocenters. The van der Waals surface area contributed by atoms with Crippen LogP contribution in [0.25, 0.3) is 0 Å². The summed E-state index contributed by atoms with van der Waals surface area (Å²) in [6, 6.07) is 3.57. The first-order chi connectivity index (χ1) is 10.0. The van der Waals surface area contributed by atoms with E-state index in [4.69, 9.17) is 0 Å². The minimum absolute atomic E-state index is 0.161. The fourth-order valence-electron chi connectivity index (χ4n) is 1.91. The van der Waals surface area contributed by atoms with Crippen LogP contribution in [0.15, 0.2) is 24.5 Å². The van der Waals surface area contributed by atoms with Crippen LogP contribution in [0.1, 0.15) is 42.7 Å². The standard InChI is InChI=1S/C15H21N5O/c1-5-20-9-12(8-17-20)18-15(21)11-6-13(10(2)3)19-14(7-11)16-4/h6-10H,5H2,1-4H3,(H,16,19)(H,18,21). The van der Waals surface area contributed by atoms with Gasteiger partial charge < -0.3 is 10.6 Å². The number of carbonyl (C=O) groups excluding carboxylic acids is 1. The molecule has 2 N–H and O–H groups in total. The number of nitrogens with zero attached hydrogens (tertiary/aromatic N) is 3. The van der Waals surface area contributed by atoms with Crippen molar-refractivity contribution in [3.05, 3.63) is 35.8 Å². The van der Waals surface area contributed by atoms with Gasteiger partial charge in [0.25, 0.3) is 5.91 Å². The van der Waals surface area contributed by atoms with Crippen molar-refractivity contribution >= 4 is 17.4 Å². The molecule has 2 aromatic rings. The average Bonchev–Trinajstić information content (AvgIpc) is 2.94. The van der Waals surface area contributed by atoms with E-state index in [-0.39, 0.29) is 11.8 Å². The van der Waals surface area contributed by atoms with Crippen molar-refractivity contribution in [1.82, 2.24) is 14.8 Å². The van der Waals surface area contributed by atoms with Gasteiger partial charge in [-0.05, 0) is 25.0 Å². The van der Waals surface area contributed by atoms with E-state index in [0.717, 1.165) is 12.2 Å². The van der Waals surface area contributed by atoms with Crippen LogP contribution in [-0.2, 0) is 6.54 Å². The van der Waals surface area contributed by atoms with Gasteiger partial charge in [0.05, 0.1) is 11.9 Å². The summed E-state index contributed by atoms with van der Waals surface area (Å²) in [5.41, 5.74) is 2.16. The molecule has 0 saturated carbocycles. The Morgan fingerprint density at radius 1 is 1.38 bits per heavy atom. The van der Waals surface area contributed by atoms with Crippen LogP contribution in [0.2, 0.25) is 0 Å². The number of amides is 1. The second kappa shape index (κ2) is 6.39. The molecule has 2 aromatic heterocycles. The highest BCUT2D eigenvalue weighted by atomic mass is 16.1. The fraction of sp³-hybridized carbons (Fsp3) is 0.400. The topological polar surface area (TPSA) is 71.8 Å². The first kappa shape index (κ1) is 15.0.